The standard InChI is InChI=1S/C7H12N2O2S.C2H6/c1-9-6(10)4-5(7(9)11)12-3-2-8;1-2/h5H,2-4,8H2,1H3;1-2H3. The zero-order valence-electron chi connectivity index (χ0n) is 8.95. The summed E-state index contributed by atoms with van der Waals surface area (Å²) in [6.07, 6.45) is 0.333. The Balaban J connectivity index is 0.000000791. The molecule has 0 radical (unpaired) electrons. The number of carbonyl (C=O) groups is 2. The molecule has 1 fully saturated rings. The first-order valence-electron chi connectivity index (χ1n) is 4.79. The summed E-state index contributed by atoms with van der Waals surface area (Å²) in [6, 6.07) is 0. The second-order valence-corrected chi connectivity index (χ2v) is 3.95. The van der Waals surface area contributed by atoms with E-state index >= 15 is 0 Å². The van der Waals surface area contributed by atoms with Crippen molar-refractivity contribution >= 4 is 23.6 Å². The van der Waals surface area contributed by atoms with Gasteiger partial charge in [-0.05, 0) is 0 Å². The topological polar surface area (TPSA) is 63.4 Å². The van der Waals surface area contributed by atoms with Gasteiger partial charge in [0.2, 0.25) is 11.8 Å². The van der Waals surface area contributed by atoms with Gasteiger partial charge in [0.05, 0.1) is 5.25 Å². The lowest BCUT2D eigenvalue weighted by atomic mass is 10.4. The molecule has 1 saturated heterocycles. The van der Waals surface area contributed by atoms with Crippen molar-refractivity contribution in [2.75, 3.05) is 19.3 Å². The van der Waals surface area contributed by atoms with Crippen molar-refractivity contribution in [3.8, 4) is 0 Å². The molecule has 0 aliphatic carbocycles. The number of thioether (sulfide) groups is 1. The molecule has 2 N–H and O–H groups in total. The van der Waals surface area contributed by atoms with Gasteiger partial charge in [0, 0.05) is 25.8 Å². The number of nitrogens with zero attached hydrogens (tertiary/aromatic N) is 1. The number of nitrogens with two attached hydrogens (primary N) is 1. The van der Waals surface area contributed by atoms with Gasteiger partial charge >= 0.3 is 0 Å². The second kappa shape index (κ2) is 6.84. The largest absolute Gasteiger partial charge is 0.330 e. The van der Waals surface area contributed by atoms with Crippen LogP contribution in [0.3, 0.4) is 0 Å². The first-order valence-corrected chi connectivity index (χ1v) is 5.83. The van der Waals surface area contributed by atoms with Gasteiger partial charge in [-0.3, -0.25) is 14.5 Å². The van der Waals surface area contributed by atoms with Gasteiger partial charge in [0.15, 0.2) is 0 Å². The van der Waals surface area contributed by atoms with Crippen LogP contribution in [0.15, 0.2) is 0 Å². The fourth-order valence-corrected chi connectivity index (χ4v) is 2.04. The van der Waals surface area contributed by atoms with Gasteiger partial charge in [0.1, 0.15) is 0 Å². The average Bonchev–Trinajstić information content (AvgIpc) is 2.46. The van der Waals surface area contributed by atoms with Crippen molar-refractivity contribution in [2.24, 2.45) is 5.73 Å². The smallest absolute Gasteiger partial charge is 0.242 e. The Morgan fingerprint density at radius 3 is 2.43 bits per heavy atom. The second-order valence-electron chi connectivity index (χ2n) is 2.64. The quantitative estimate of drug-likeness (QED) is 0.699. The van der Waals surface area contributed by atoms with Gasteiger partial charge in [0.25, 0.3) is 0 Å². The van der Waals surface area contributed by atoms with Crippen LogP contribution in [0.2, 0.25) is 0 Å². The maximum atomic E-state index is 11.3. The summed E-state index contributed by atoms with van der Waals surface area (Å²) in [5.41, 5.74) is 5.29. The molecule has 0 spiro atoms. The predicted octanol–water partition coefficient (Wildman–Crippen LogP) is 0.462. The summed E-state index contributed by atoms with van der Waals surface area (Å²) in [5.74, 6) is 0.560. The molecule has 1 heterocycles. The van der Waals surface area contributed by atoms with Crippen molar-refractivity contribution in [1.82, 2.24) is 4.90 Å². The summed E-state index contributed by atoms with van der Waals surface area (Å²) >= 11 is 1.46. The molecule has 4 nitrogen and oxygen atoms in total. The minimum atomic E-state index is -0.189. The van der Waals surface area contributed by atoms with Crippen molar-refractivity contribution in [3.05, 3.63) is 0 Å². The first-order chi connectivity index (χ1) is 6.66. The maximum absolute atomic E-state index is 11.3. The van der Waals surface area contributed by atoms with Crippen LogP contribution >= 0.6 is 11.8 Å². The molecule has 1 aliphatic rings. The molecular formula is C9H18N2O2S. The molecule has 1 atom stereocenters. The van der Waals surface area contributed by atoms with E-state index in [2.05, 4.69) is 0 Å². The zero-order valence-corrected chi connectivity index (χ0v) is 9.76. The Kier molecular flexibility index (Phi) is 6.57. The van der Waals surface area contributed by atoms with Crippen molar-refractivity contribution < 1.29 is 9.59 Å². The molecule has 82 valence electrons. The molecule has 0 aromatic heterocycles. The zero-order chi connectivity index (χ0) is 11.1. The maximum Gasteiger partial charge on any atom is 0.242 e. The molecule has 1 rings (SSSR count). The number of hydrogen-bond donors (Lipinski definition) is 1. The summed E-state index contributed by atoms with van der Waals surface area (Å²) in [7, 11) is 1.52. The number of imide groups is 1. The highest BCUT2D eigenvalue weighted by atomic mass is 32.2. The van der Waals surface area contributed by atoms with Crippen LogP contribution in [0.4, 0.5) is 0 Å². The molecule has 1 unspecified atom stereocenters. The van der Waals surface area contributed by atoms with Gasteiger partial charge in [-0.2, -0.15) is 0 Å². The number of likely N-dealkylation sites (tertiary alicyclic amines) is 1. The van der Waals surface area contributed by atoms with Crippen molar-refractivity contribution in [3.63, 3.8) is 0 Å². The highest BCUT2D eigenvalue weighted by molar-refractivity contribution is 8.00. The summed E-state index contributed by atoms with van der Waals surface area (Å²) < 4.78 is 0. The number of carbonyl (C=O) groups excluding carboxylic acids is 2. The minimum absolute atomic E-state index is 0.0848. The number of amides is 2. The molecule has 0 aromatic carbocycles. The number of hydrogen-bond acceptors (Lipinski definition) is 4. The monoisotopic (exact) mass is 218 g/mol. The van der Waals surface area contributed by atoms with Crippen molar-refractivity contribution in [1.29, 1.82) is 0 Å². The highest BCUT2D eigenvalue weighted by Gasteiger charge is 2.35. The van der Waals surface area contributed by atoms with Gasteiger partial charge < -0.3 is 5.73 Å². The molecule has 0 aromatic rings. The third-order valence-electron chi connectivity index (χ3n) is 1.78. The summed E-state index contributed by atoms with van der Waals surface area (Å²) in [6.45, 7) is 4.55. The molecule has 0 bridgehead atoms. The Morgan fingerprint density at radius 2 is 2.07 bits per heavy atom. The van der Waals surface area contributed by atoms with E-state index in [1.54, 1.807) is 0 Å². The minimum Gasteiger partial charge on any atom is -0.330 e. The van der Waals surface area contributed by atoms with Crippen LogP contribution in [-0.2, 0) is 9.59 Å². The van der Waals surface area contributed by atoms with Crippen LogP contribution in [0, 0.1) is 0 Å². The molecular weight excluding hydrogens is 200 g/mol. The Hall–Kier alpha value is -0.550. The van der Waals surface area contributed by atoms with Gasteiger partial charge in [-0.15, -0.1) is 11.8 Å². The summed E-state index contributed by atoms with van der Waals surface area (Å²) in [5, 5.41) is -0.189. The molecule has 5 heteroatoms. The summed E-state index contributed by atoms with van der Waals surface area (Å²) in [4.78, 5) is 23.5. The van der Waals surface area contributed by atoms with Crippen LogP contribution in [0.25, 0.3) is 0 Å². The third kappa shape index (κ3) is 3.31. The molecule has 14 heavy (non-hydrogen) atoms. The fourth-order valence-electron chi connectivity index (χ4n) is 1.06. The van der Waals surface area contributed by atoms with Crippen molar-refractivity contribution in [2.45, 2.75) is 25.5 Å². The highest BCUT2D eigenvalue weighted by Crippen LogP contribution is 2.23. The van der Waals surface area contributed by atoms with Crippen LogP contribution in [0.5, 0.6) is 0 Å². The van der Waals surface area contributed by atoms with E-state index in [1.807, 2.05) is 13.8 Å². The van der Waals surface area contributed by atoms with E-state index in [-0.39, 0.29) is 17.1 Å². The molecule has 0 saturated carbocycles. The molecule has 2 amide bonds. The van der Waals surface area contributed by atoms with Crippen LogP contribution < -0.4 is 5.73 Å². The Labute approximate surface area is 89.2 Å². The van der Waals surface area contributed by atoms with E-state index in [1.165, 1.54) is 23.7 Å². The average molecular weight is 218 g/mol. The molecule has 1 aliphatic heterocycles. The number of rotatable bonds is 3. The van der Waals surface area contributed by atoms with E-state index < -0.39 is 0 Å². The third-order valence-corrected chi connectivity index (χ3v) is 3.02. The van der Waals surface area contributed by atoms with Gasteiger partial charge in [-0.25, -0.2) is 0 Å². The lowest BCUT2D eigenvalue weighted by molar-refractivity contribution is -0.136. The van der Waals surface area contributed by atoms with Crippen LogP contribution in [-0.4, -0.2) is 41.3 Å². The Bertz CT molecular complexity index is 209. The lowest BCUT2D eigenvalue weighted by Crippen LogP contribution is -2.26. The van der Waals surface area contributed by atoms with E-state index in [4.69, 9.17) is 5.73 Å². The van der Waals surface area contributed by atoms with Gasteiger partial charge in [-0.1, -0.05) is 13.8 Å². The van der Waals surface area contributed by atoms with E-state index in [0.717, 1.165) is 5.75 Å². The van der Waals surface area contributed by atoms with E-state index in [9.17, 15) is 9.59 Å². The fraction of sp³-hybridized carbons (Fsp3) is 0.778. The van der Waals surface area contributed by atoms with Crippen LogP contribution in [0.1, 0.15) is 20.3 Å². The lowest BCUT2D eigenvalue weighted by Gasteiger charge is -2.06. The van der Waals surface area contributed by atoms with E-state index in [0.29, 0.717) is 13.0 Å². The SMILES string of the molecule is CC.CN1C(=O)CC(SCCN)C1=O. The first kappa shape index (κ1) is 13.4. The normalized spacial score (nSPS) is 20.9. The Morgan fingerprint density at radius 1 is 1.50 bits per heavy atom. The predicted molar refractivity (Wildman–Crippen MR) is 59.0 cm³/mol.